The number of nitrogens with zero attached hydrogens (tertiary/aromatic N) is 4. The summed E-state index contributed by atoms with van der Waals surface area (Å²) in [6.07, 6.45) is 3.98. The molecular weight excluding hydrogens is 200 g/mol. The van der Waals surface area contributed by atoms with E-state index in [1.54, 1.807) is 0 Å². The first-order chi connectivity index (χ1) is 7.92. The van der Waals surface area contributed by atoms with Crippen molar-refractivity contribution in [3.8, 4) is 0 Å². The zero-order chi connectivity index (χ0) is 10.8. The SMILES string of the molecule is c1ccc2nn(CN3CCCCC3)nc2c1. The van der Waals surface area contributed by atoms with E-state index in [1.165, 1.54) is 32.4 Å². The highest BCUT2D eigenvalue weighted by Gasteiger charge is 2.11. The lowest BCUT2D eigenvalue weighted by Crippen LogP contribution is -2.32. The average Bonchev–Trinajstić information content (AvgIpc) is 2.72. The van der Waals surface area contributed by atoms with Crippen molar-refractivity contribution in [1.82, 2.24) is 19.9 Å². The van der Waals surface area contributed by atoms with E-state index < -0.39 is 0 Å². The van der Waals surface area contributed by atoms with Crippen LogP contribution in [0.25, 0.3) is 11.0 Å². The minimum absolute atomic E-state index is 0.828. The molecule has 0 N–H and O–H groups in total. The van der Waals surface area contributed by atoms with E-state index in [9.17, 15) is 0 Å². The van der Waals surface area contributed by atoms with Crippen LogP contribution in [0.3, 0.4) is 0 Å². The van der Waals surface area contributed by atoms with Gasteiger partial charge in [-0.25, -0.2) is 0 Å². The van der Waals surface area contributed by atoms with E-state index >= 15 is 0 Å². The Labute approximate surface area is 94.9 Å². The molecule has 1 aliphatic heterocycles. The number of benzene rings is 1. The number of likely N-dealkylation sites (tertiary alicyclic amines) is 1. The second kappa shape index (κ2) is 4.22. The average molecular weight is 216 g/mol. The maximum Gasteiger partial charge on any atom is 0.113 e. The summed E-state index contributed by atoms with van der Waals surface area (Å²) < 4.78 is 0. The molecule has 16 heavy (non-hydrogen) atoms. The standard InChI is InChI=1S/C12H16N4/c1-4-8-15(9-5-1)10-16-13-11-6-2-3-7-12(11)14-16/h2-3,6-7H,1,4-5,8-10H2. The third kappa shape index (κ3) is 1.93. The molecule has 1 aliphatic rings. The summed E-state index contributed by atoms with van der Waals surface area (Å²) in [6, 6.07) is 8.02. The fourth-order valence-electron chi connectivity index (χ4n) is 2.25. The van der Waals surface area contributed by atoms with Gasteiger partial charge in [0, 0.05) is 0 Å². The predicted octanol–water partition coefficient (Wildman–Crippen LogP) is 1.87. The van der Waals surface area contributed by atoms with Gasteiger partial charge in [0.25, 0.3) is 0 Å². The molecule has 1 aromatic carbocycles. The predicted molar refractivity (Wildman–Crippen MR) is 63.0 cm³/mol. The summed E-state index contributed by atoms with van der Waals surface area (Å²) in [4.78, 5) is 4.23. The first-order valence-corrected chi connectivity index (χ1v) is 5.94. The van der Waals surface area contributed by atoms with Crippen molar-refractivity contribution in [1.29, 1.82) is 0 Å². The molecule has 2 aromatic rings. The van der Waals surface area contributed by atoms with Crippen molar-refractivity contribution in [3.05, 3.63) is 24.3 Å². The van der Waals surface area contributed by atoms with Gasteiger partial charge in [-0.2, -0.15) is 15.0 Å². The molecule has 0 unspecified atom stereocenters. The summed E-state index contributed by atoms with van der Waals surface area (Å²) in [7, 11) is 0. The van der Waals surface area contributed by atoms with Gasteiger partial charge in [0.2, 0.25) is 0 Å². The minimum atomic E-state index is 0.828. The summed E-state index contributed by atoms with van der Waals surface area (Å²) in [5.41, 5.74) is 1.97. The van der Waals surface area contributed by atoms with Crippen molar-refractivity contribution in [2.24, 2.45) is 0 Å². The lowest BCUT2D eigenvalue weighted by molar-refractivity contribution is 0.164. The Balaban J connectivity index is 1.78. The zero-order valence-corrected chi connectivity index (χ0v) is 9.34. The van der Waals surface area contributed by atoms with Crippen LogP contribution >= 0.6 is 0 Å². The molecule has 4 heteroatoms. The number of rotatable bonds is 2. The number of hydrogen-bond donors (Lipinski definition) is 0. The molecule has 0 spiro atoms. The molecule has 4 nitrogen and oxygen atoms in total. The van der Waals surface area contributed by atoms with Crippen LogP contribution in [0, 0.1) is 0 Å². The Morgan fingerprint density at radius 2 is 1.56 bits per heavy atom. The molecule has 1 saturated heterocycles. The molecule has 84 valence electrons. The molecule has 0 aliphatic carbocycles. The largest absolute Gasteiger partial charge is 0.283 e. The van der Waals surface area contributed by atoms with Gasteiger partial charge in [0.1, 0.15) is 17.7 Å². The topological polar surface area (TPSA) is 34.0 Å². The van der Waals surface area contributed by atoms with Crippen molar-refractivity contribution >= 4 is 11.0 Å². The second-order valence-corrected chi connectivity index (χ2v) is 4.38. The Morgan fingerprint density at radius 3 is 2.19 bits per heavy atom. The van der Waals surface area contributed by atoms with E-state index in [-0.39, 0.29) is 0 Å². The third-order valence-corrected chi connectivity index (χ3v) is 3.10. The quantitative estimate of drug-likeness (QED) is 0.768. The van der Waals surface area contributed by atoms with Crippen LogP contribution in [-0.2, 0) is 6.67 Å². The second-order valence-electron chi connectivity index (χ2n) is 4.38. The normalized spacial score (nSPS) is 18.0. The maximum absolute atomic E-state index is 4.47. The van der Waals surface area contributed by atoms with Crippen LogP contribution in [-0.4, -0.2) is 33.0 Å². The fraction of sp³-hybridized carbons (Fsp3) is 0.500. The highest BCUT2D eigenvalue weighted by Crippen LogP contribution is 2.11. The number of hydrogen-bond acceptors (Lipinski definition) is 3. The molecule has 0 saturated carbocycles. The molecule has 0 radical (unpaired) electrons. The highest BCUT2D eigenvalue weighted by atomic mass is 15.5. The zero-order valence-electron chi connectivity index (χ0n) is 9.34. The van der Waals surface area contributed by atoms with Gasteiger partial charge in [-0.1, -0.05) is 18.6 Å². The Morgan fingerprint density at radius 1 is 0.938 bits per heavy atom. The van der Waals surface area contributed by atoms with Crippen LogP contribution in [0.5, 0.6) is 0 Å². The van der Waals surface area contributed by atoms with Gasteiger partial charge < -0.3 is 0 Å². The highest BCUT2D eigenvalue weighted by molar-refractivity contribution is 5.72. The fourth-order valence-corrected chi connectivity index (χ4v) is 2.25. The Hall–Kier alpha value is -1.42. The van der Waals surface area contributed by atoms with Gasteiger partial charge in [-0.15, -0.1) is 0 Å². The van der Waals surface area contributed by atoms with Crippen LogP contribution in [0.4, 0.5) is 0 Å². The lowest BCUT2D eigenvalue weighted by atomic mass is 10.1. The molecule has 0 atom stereocenters. The number of piperidine rings is 1. The van der Waals surface area contributed by atoms with Crippen molar-refractivity contribution in [3.63, 3.8) is 0 Å². The van der Waals surface area contributed by atoms with Crippen molar-refractivity contribution < 1.29 is 0 Å². The van der Waals surface area contributed by atoms with Gasteiger partial charge in [0.15, 0.2) is 0 Å². The van der Waals surface area contributed by atoms with E-state index in [1.807, 2.05) is 29.1 Å². The summed E-state index contributed by atoms with van der Waals surface area (Å²) in [5, 5.41) is 8.94. The molecule has 1 fully saturated rings. The van der Waals surface area contributed by atoms with E-state index in [2.05, 4.69) is 15.1 Å². The monoisotopic (exact) mass is 216 g/mol. The third-order valence-electron chi connectivity index (χ3n) is 3.10. The molecule has 0 amide bonds. The smallest absolute Gasteiger partial charge is 0.113 e. The van der Waals surface area contributed by atoms with E-state index in [4.69, 9.17) is 0 Å². The van der Waals surface area contributed by atoms with Gasteiger partial charge >= 0.3 is 0 Å². The summed E-state index contributed by atoms with van der Waals surface area (Å²) >= 11 is 0. The first kappa shape index (κ1) is 9.78. The lowest BCUT2D eigenvalue weighted by Gasteiger charge is -2.25. The van der Waals surface area contributed by atoms with E-state index in [0.29, 0.717) is 0 Å². The molecule has 1 aromatic heterocycles. The van der Waals surface area contributed by atoms with Crippen molar-refractivity contribution in [2.45, 2.75) is 25.9 Å². The van der Waals surface area contributed by atoms with Crippen LogP contribution in [0.15, 0.2) is 24.3 Å². The van der Waals surface area contributed by atoms with Crippen LogP contribution in [0.1, 0.15) is 19.3 Å². The van der Waals surface area contributed by atoms with Crippen molar-refractivity contribution in [2.75, 3.05) is 13.1 Å². The molecule has 2 heterocycles. The minimum Gasteiger partial charge on any atom is -0.283 e. The summed E-state index contributed by atoms with van der Waals surface area (Å²) in [6.45, 7) is 3.18. The molecular formula is C12H16N4. The number of aromatic nitrogens is 3. The Kier molecular flexibility index (Phi) is 2.58. The van der Waals surface area contributed by atoms with Crippen LogP contribution in [0.2, 0.25) is 0 Å². The number of fused-ring (bicyclic) bond motifs is 1. The van der Waals surface area contributed by atoms with E-state index in [0.717, 1.165) is 17.7 Å². The molecule has 3 rings (SSSR count). The Bertz CT molecular complexity index is 438. The molecule has 0 bridgehead atoms. The van der Waals surface area contributed by atoms with Gasteiger partial charge in [0.05, 0.1) is 0 Å². The first-order valence-electron chi connectivity index (χ1n) is 5.94. The maximum atomic E-state index is 4.47. The van der Waals surface area contributed by atoms with Crippen LogP contribution < -0.4 is 0 Å². The van der Waals surface area contributed by atoms with Gasteiger partial charge in [-0.3, -0.25) is 4.90 Å². The van der Waals surface area contributed by atoms with Gasteiger partial charge in [-0.05, 0) is 38.1 Å². The summed E-state index contributed by atoms with van der Waals surface area (Å²) in [5.74, 6) is 0.